The monoisotopic (exact) mass is 413 g/mol. The van der Waals surface area contributed by atoms with Crippen LogP contribution in [0.3, 0.4) is 0 Å². The van der Waals surface area contributed by atoms with Crippen LogP contribution in [0.2, 0.25) is 0 Å². The maximum atomic E-state index is 13.0. The lowest BCUT2D eigenvalue weighted by atomic mass is 9.92. The summed E-state index contributed by atoms with van der Waals surface area (Å²) in [6.07, 6.45) is 1.34. The van der Waals surface area contributed by atoms with Gasteiger partial charge in [-0.3, -0.25) is 4.79 Å². The van der Waals surface area contributed by atoms with E-state index >= 15 is 0 Å². The molecule has 1 fully saturated rings. The van der Waals surface area contributed by atoms with Gasteiger partial charge in [0.05, 0.1) is 40.2 Å². The fraction of sp³-hybridized carbons (Fsp3) is 0.286. The predicted molar refractivity (Wildman–Crippen MR) is 109 cm³/mol. The number of methoxy groups -OCH3 is 4. The predicted octanol–water partition coefficient (Wildman–Crippen LogP) is 2.52. The first-order chi connectivity index (χ1) is 14.4. The molecule has 0 radical (unpaired) electrons. The van der Waals surface area contributed by atoms with Gasteiger partial charge in [-0.25, -0.2) is 4.79 Å². The van der Waals surface area contributed by atoms with Crippen LogP contribution in [0.4, 0.5) is 4.79 Å². The molecule has 1 aliphatic rings. The zero-order chi connectivity index (χ0) is 21.9. The molecule has 0 saturated carbocycles. The van der Waals surface area contributed by atoms with Gasteiger partial charge in [0, 0.05) is 12.1 Å². The van der Waals surface area contributed by atoms with Crippen molar-refractivity contribution in [2.45, 2.75) is 12.5 Å². The van der Waals surface area contributed by atoms with E-state index in [9.17, 15) is 9.59 Å². The Balaban J connectivity index is 1.93. The molecule has 1 aliphatic heterocycles. The lowest BCUT2D eigenvalue weighted by Crippen LogP contribution is -2.40. The topological polar surface area (TPSA) is 98.7 Å². The molecule has 0 aromatic heterocycles. The number of urea groups is 1. The molecule has 30 heavy (non-hydrogen) atoms. The Hall–Kier alpha value is -3.75. The second-order valence-electron chi connectivity index (χ2n) is 6.59. The minimum absolute atomic E-state index is 0.417. The highest BCUT2D eigenvalue weighted by molar-refractivity contribution is 6.07. The van der Waals surface area contributed by atoms with Crippen molar-refractivity contribution in [2.75, 3.05) is 28.4 Å². The maximum absolute atomic E-state index is 13.0. The molecule has 9 nitrogen and oxygen atoms in total. The van der Waals surface area contributed by atoms with Gasteiger partial charge in [-0.15, -0.1) is 5.01 Å². The van der Waals surface area contributed by atoms with E-state index in [0.29, 0.717) is 34.1 Å². The lowest BCUT2D eigenvalue weighted by molar-refractivity contribution is -0.131. The van der Waals surface area contributed by atoms with Crippen molar-refractivity contribution in [3.8, 4) is 23.0 Å². The van der Waals surface area contributed by atoms with Gasteiger partial charge in [0.25, 0.3) is 5.91 Å². The fourth-order valence-corrected chi connectivity index (χ4v) is 3.12. The van der Waals surface area contributed by atoms with E-state index in [4.69, 9.17) is 18.9 Å². The van der Waals surface area contributed by atoms with Crippen LogP contribution in [0, 0.1) is 0 Å². The number of rotatable bonds is 7. The number of benzene rings is 2. The summed E-state index contributed by atoms with van der Waals surface area (Å²) >= 11 is 0. The van der Waals surface area contributed by atoms with Crippen molar-refractivity contribution in [3.05, 3.63) is 47.5 Å². The van der Waals surface area contributed by atoms with Crippen molar-refractivity contribution < 1.29 is 28.5 Å². The van der Waals surface area contributed by atoms with Gasteiger partial charge in [0.2, 0.25) is 0 Å². The third kappa shape index (κ3) is 3.61. The Bertz CT molecular complexity index is 964. The molecule has 0 aliphatic carbocycles. The number of amides is 3. The molecule has 158 valence electrons. The molecule has 9 heteroatoms. The maximum Gasteiger partial charge on any atom is 0.346 e. The number of hydrazone groups is 1. The molecule has 3 amide bonds. The summed E-state index contributed by atoms with van der Waals surface area (Å²) in [5, 5.41) is 7.59. The van der Waals surface area contributed by atoms with Gasteiger partial charge in [-0.2, -0.15) is 5.10 Å². The Kier molecular flexibility index (Phi) is 5.81. The first kappa shape index (κ1) is 21.0. The number of carbonyl (C=O) groups is 2. The van der Waals surface area contributed by atoms with E-state index in [-0.39, 0.29) is 0 Å². The largest absolute Gasteiger partial charge is 0.497 e. The molecular weight excluding hydrogens is 390 g/mol. The van der Waals surface area contributed by atoms with Crippen LogP contribution in [-0.4, -0.2) is 51.6 Å². The van der Waals surface area contributed by atoms with Crippen molar-refractivity contribution in [1.29, 1.82) is 0 Å². The van der Waals surface area contributed by atoms with Gasteiger partial charge >= 0.3 is 6.03 Å². The number of hydrogen-bond acceptors (Lipinski definition) is 7. The molecule has 3 rings (SSSR count). The third-order valence-corrected chi connectivity index (χ3v) is 4.89. The highest BCUT2D eigenvalue weighted by Gasteiger charge is 2.49. The highest BCUT2D eigenvalue weighted by atomic mass is 16.5. The van der Waals surface area contributed by atoms with Crippen molar-refractivity contribution in [1.82, 2.24) is 10.3 Å². The van der Waals surface area contributed by atoms with Gasteiger partial charge in [-0.1, -0.05) is 12.1 Å². The van der Waals surface area contributed by atoms with Crippen LogP contribution in [0.25, 0.3) is 0 Å². The van der Waals surface area contributed by atoms with Gasteiger partial charge in [-0.05, 0) is 24.6 Å². The summed E-state index contributed by atoms with van der Waals surface area (Å²) in [6.45, 7) is 1.62. The standard InChI is InChI=1S/C21H23N3O6/c1-21(13-6-8-14(27-2)9-7-13)19(25)24(20(26)23-21)22-12-16-17(29-4)10-15(28-3)11-18(16)30-5/h6-12H,1-5H3,(H,23,26)/t21-/m1/s1. The normalized spacial score (nSPS) is 18.5. The number of nitrogens with one attached hydrogen (secondary N) is 1. The number of imide groups is 1. The molecule has 2 aromatic rings. The van der Waals surface area contributed by atoms with Crippen LogP contribution < -0.4 is 24.3 Å². The van der Waals surface area contributed by atoms with E-state index in [1.807, 2.05) is 0 Å². The Morgan fingerprint density at radius 1 is 0.900 bits per heavy atom. The minimum atomic E-state index is -1.26. The molecule has 1 N–H and O–H groups in total. The van der Waals surface area contributed by atoms with Crippen LogP contribution in [0.5, 0.6) is 23.0 Å². The molecule has 0 bridgehead atoms. The average Bonchev–Trinajstić information content (AvgIpc) is 3.00. The number of ether oxygens (including phenoxy) is 4. The molecule has 0 unspecified atom stereocenters. The molecule has 2 aromatic carbocycles. The van der Waals surface area contributed by atoms with Crippen molar-refractivity contribution >= 4 is 18.2 Å². The van der Waals surface area contributed by atoms with E-state index in [2.05, 4.69) is 10.4 Å². The summed E-state index contributed by atoms with van der Waals surface area (Å²) in [5.74, 6) is 1.50. The third-order valence-electron chi connectivity index (χ3n) is 4.89. The quantitative estimate of drug-likeness (QED) is 0.553. The highest BCUT2D eigenvalue weighted by Crippen LogP contribution is 2.34. The van der Waals surface area contributed by atoms with E-state index in [0.717, 1.165) is 5.01 Å². The first-order valence-electron chi connectivity index (χ1n) is 9.03. The SMILES string of the molecule is COc1ccc([C@@]2(C)NC(=O)N(N=Cc3c(OC)cc(OC)cc3OC)C2=O)cc1. The number of carbonyl (C=O) groups excluding carboxylic acids is 2. The minimum Gasteiger partial charge on any atom is -0.497 e. The summed E-state index contributed by atoms with van der Waals surface area (Å²) in [7, 11) is 6.05. The summed E-state index contributed by atoms with van der Waals surface area (Å²) in [5.41, 5.74) is -0.187. The second-order valence-corrected chi connectivity index (χ2v) is 6.59. The lowest BCUT2D eigenvalue weighted by Gasteiger charge is -2.21. The number of nitrogens with zero attached hydrogens (tertiary/aromatic N) is 2. The summed E-state index contributed by atoms with van der Waals surface area (Å²) in [4.78, 5) is 25.5. The molecule has 1 saturated heterocycles. The zero-order valence-corrected chi connectivity index (χ0v) is 17.4. The van der Waals surface area contributed by atoms with Gasteiger partial charge in [0.15, 0.2) is 0 Å². The van der Waals surface area contributed by atoms with Crippen molar-refractivity contribution in [2.24, 2.45) is 5.10 Å². The smallest absolute Gasteiger partial charge is 0.346 e. The molecule has 0 spiro atoms. The number of hydrogen-bond donors (Lipinski definition) is 1. The Morgan fingerprint density at radius 2 is 1.47 bits per heavy atom. The first-order valence-corrected chi connectivity index (χ1v) is 9.03. The van der Waals surface area contributed by atoms with Crippen LogP contribution in [0.1, 0.15) is 18.1 Å². The Morgan fingerprint density at radius 3 is 1.97 bits per heavy atom. The fourth-order valence-electron chi connectivity index (χ4n) is 3.12. The molecule has 1 heterocycles. The van der Waals surface area contributed by atoms with Gasteiger partial charge < -0.3 is 24.3 Å². The average molecular weight is 413 g/mol. The summed E-state index contributed by atoms with van der Waals surface area (Å²) in [6, 6.07) is 9.55. The van der Waals surface area contributed by atoms with E-state index in [1.165, 1.54) is 27.5 Å². The van der Waals surface area contributed by atoms with E-state index < -0.39 is 17.5 Å². The second kappa shape index (κ2) is 8.32. The van der Waals surface area contributed by atoms with Crippen molar-refractivity contribution in [3.63, 3.8) is 0 Å². The zero-order valence-electron chi connectivity index (χ0n) is 17.4. The Labute approximate surface area is 174 Å². The van der Waals surface area contributed by atoms with Crippen LogP contribution in [-0.2, 0) is 10.3 Å². The summed E-state index contributed by atoms with van der Waals surface area (Å²) < 4.78 is 21.1. The van der Waals surface area contributed by atoms with E-state index in [1.54, 1.807) is 50.4 Å². The molecule has 1 atom stereocenters. The molecular formula is C21H23N3O6. The van der Waals surface area contributed by atoms with Crippen LogP contribution in [0.15, 0.2) is 41.5 Å². The van der Waals surface area contributed by atoms with Gasteiger partial charge in [0.1, 0.15) is 28.5 Å². The van der Waals surface area contributed by atoms with Crippen LogP contribution >= 0.6 is 0 Å².